The first-order valence-electron chi connectivity index (χ1n) is 10.0. The van der Waals surface area contributed by atoms with Gasteiger partial charge in [-0.05, 0) is 38.1 Å². The fourth-order valence-corrected chi connectivity index (χ4v) is 4.37. The molecule has 1 aliphatic heterocycles. The number of sulfonamides is 1. The Morgan fingerprint density at radius 1 is 1.03 bits per heavy atom. The Balaban J connectivity index is 1.60. The molecule has 1 aromatic heterocycles. The molecule has 3 rings (SSSR count). The monoisotopic (exact) mass is 449 g/mol. The zero-order chi connectivity index (χ0) is 22.6. The minimum atomic E-state index is -3.68. The third-order valence-electron chi connectivity index (χ3n) is 5.07. The van der Waals surface area contributed by atoms with Crippen LogP contribution in [-0.4, -0.2) is 74.4 Å². The SMILES string of the molecule is CCOC(=O)N1CCN(C(=O)c2ccc(CN(C)S(=O)(=O)c3ccc(C)cc3)o2)CC1. The highest BCUT2D eigenvalue weighted by Crippen LogP contribution is 2.19. The van der Waals surface area contributed by atoms with Crippen LogP contribution in [-0.2, 0) is 21.3 Å². The van der Waals surface area contributed by atoms with Crippen LogP contribution in [0, 0.1) is 6.92 Å². The quantitative estimate of drug-likeness (QED) is 0.671. The molecule has 2 aromatic rings. The largest absolute Gasteiger partial charge is 0.455 e. The summed E-state index contributed by atoms with van der Waals surface area (Å²) >= 11 is 0. The van der Waals surface area contributed by atoms with Crippen LogP contribution in [0.5, 0.6) is 0 Å². The molecule has 1 saturated heterocycles. The summed E-state index contributed by atoms with van der Waals surface area (Å²) in [6.07, 6.45) is -0.382. The minimum absolute atomic E-state index is 0.000125. The van der Waals surface area contributed by atoms with Crippen molar-refractivity contribution in [1.29, 1.82) is 0 Å². The maximum absolute atomic E-state index is 12.7. The molecule has 2 heterocycles. The predicted molar refractivity (Wildman–Crippen MR) is 113 cm³/mol. The van der Waals surface area contributed by atoms with Crippen molar-refractivity contribution in [1.82, 2.24) is 14.1 Å². The number of furan rings is 1. The van der Waals surface area contributed by atoms with E-state index < -0.39 is 10.0 Å². The Morgan fingerprint density at radius 3 is 2.26 bits per heavy atom. The van der Waals surface area contributed by atoms with E-state index in [1.165, 1.54) is 11.4 Å². The molecule has 0 aliphatic carbocycles. The Morgan fingerprint density at radius 2 is 1.65 bits per heavy atom. The highest BCUT2D eigenvalue weighted by molar-refractivity contribution is 7.89. The van der Waals surface area contributed by atoms with Gasteiger partial charge in [0.1, 0.15) is 5.76 Å². The number of hydrogen-bond donors (Lipinski definition) is 0. The van der Waals surface area contributed by atoms with Gasteiger partial charge in [0.2, 0.25) is 10.0 Å². The summed E-state index contributed by atoms with van der Waals surface area (Å²) in [5.41, 5.74) is 0.971. The number of rotatable bonds is 6. The average Bonchev–Trinajstić information content (AvgIpc) is 3.22. The summed E-state index contributed by atoms with van der Waals surface area (Å²) in [6.45, 7) is 5.45. The Hall–Kier alpha value is -2.85. The lowest BCUT2D eigenvalue weighted by atomic mass is 10.2. The highest BCUT2D eigenvalue weighted by atomic mass is 32.2. The van der Waals surface area contributed by atoms with Crippen molar-refractivity contribution in [2.24, 2.45) is 0 Å². The molecule has 0 spiro atoms. The van der Waals surface area contributed by atoms with E-state index in [9.17, 15) is 18.0 Å². The fourth-order valence-electron chi connectivity index (χ4n) is 3.24. The smallest absolute Gasteiger partial charge is 0.409 e. The molecule has 2 amide bonds. The van der Waals surface area contributed by atoms with Gasteiger partial charge in [0.15, 0.2) is 5.76 Å². The van der Waals surface area contributed by atoms with E-state index in [1.807, 2.05) is 6.92 Å². The van der Waals surface area contributed by atoms with Crippen LogP contribution in [0.4, 0.5) is 4.79 Å². The third kappa shape index (κ3) is 5.26. The minimum Gasteiger partial charge on any atom is -0.455 e. The van der Waals surface area contributed by atoms with Crippen LogP contribution in [0.15, 0.2) is 45.7 Å². The van der Waals surface area contributed by atoms with E-state index in [0.29, 0.717) is 38.5 Å². The van der Waals surface area contributed by atoms with Crippen molar-refractivity contribution in [2.45, 2.75) is 25.3 Å². The molecule has 168 valence electrons. The molecule has 0 saturated carbocycles. The second-order valence-corrected chi connectivity index (χ2v) is 9.36. The van der Waals surface area contributed by atoms with Crippen molar-refractivity contribution in [3.8, 4) is 0 Å². The number of benzene rings is 1. The van der Waals surface area contributed by atoms with Gasteiger partial charge < -0.3 is 19.0 Å². The van der Waals surface area contributed by atoms with E-state index in [1.54, 1.807) is 53.1 Å². The lowest BCUT2D eigenvalue weighted by molar-refractivity contribution is 0.0544. The Kier molecular flexibility index (Phi) is 7.01. The van der Waals surface area contributed by atoms with Crippen molar-refractivity contribution < 1.29 is 27.2 Å². The van der Waals surface area contributed by atoms with Gasteiger partial charge in [-0.25, -0.2) is 13.2 Å². The number of amides is 2. The molecule has 0 bridgehead atoms. The van der Waals surface area contributed by atoms with Crippen molar-refractivity contribution in [3.63, 3.8) is 0 Å². The summed E-state index contributed by atoms with van der Waals surface area (Å²) in [4.78, 5) is 27.9. The number of hydrogen-bond acceptors (Lipinski definition) is 6. The lowest BCUT2D eigenvalue weighted by Crippen LogP contribution is -2.50. The van der Waals surface area contributed by atoms with Crippen LogP contribution in [0.2, 0.25) is 0 Å². The van der Waals surface area contributed by atoms with Gasteiger partial charge in [-0.3, -0.25) is 4.79 Å². The van der Waals surface area contributed by atoms with Crippen molar-refractivity contribution in [3.05, 3.63) is 53.5 Å². The maximum atomic E-state index is 12.7. The molecule has 1 fully saturated rings. The summed E-state index contributed by atoms with van der Waals surface area (Å²) in [7, 11) is -2.21. The highest BCUT2D eigenvalue weighted by Gasteiger charge is 2.28. The van der Waals surface area contributed by atoms with Gasteiger partial charge in [-0.2, -0.15) is 4.31 Å². The van der Waals surface area contributed by atoms with Gasteiger partial charge in [-0.15, -0.1) is 0 Å². The second-order valence-electron chi connectivity index (χ2n) is 7.32. The Labute approximate surface area is 182 Å². The molecule has 9 nitrogen and oxygen atoms in total. The summed E-state index contributed by atoms with van der Waals surface area (Å²) < 4.78 is 37.3. The average molecular weight is 450 g/mol. The molecule has 0 N–H and O–H groups in total. The van der Waals surface area contributed by atoms with E-state index in [0.717, 1.165) is 5.56 Å². The first-order valence-corrected chi connectivity index (χ1v) is 11.5. The lowest BCUT2D eigenvalue weighted by Gasteiger charge is -2.33. The van der Waals surface area contributed by atoms with Gasteiger partial charge in [0.25, 0.3) is 5.91 Å². The van der Waals surface area contributed by atoms with E-state index in [4.69, 9.17) is 9.15 Å². The number of aryl methyl sites for hydroxylation is 1. The molecule has 10 heteroatoms. The second kappa shape index (κ2) is 9.52. The molecule has 0 unspecified atom stereocenters. The van der Waals surface area contributed by atoms with Crippen molar-refractivity contribution >= 4 is 22.0 Å². The van der Waals surface area contributed by atoms with Gasteiger partial charge in [0, 0.05) is 33.2 Å². The van der Waals surface area contributed by atoms with Gasteiger partial charge >= 0.3 is 6.09 Å². The summed E-state index contributed by atoms with van der Waals surface area (Å²) in [6, 6.07) is 9.76. The predicted octanol–water partition coefficient (Wildman–Crippen LogP) is 2.32. The molecule has 0 atom stereocenters. The molecule has 1 aromatic carbocycles. The zero-order valence-corrected chi connectivity index (χ0v) is 18.7. The topological polar surface area (TPSA) is 100 Å². The number of carbonyl (C=O) groups is 2. The molecule has 1 aliphatic rings. The van der Waals surface area contributed by atoms with Crippen LogP contribution in [0.1, 0.15) is 28.8 Å². The standard InChI is InChI=1S/C21H27N3O6S/c1-4-29-21(26)24-13-11-23(12-14-24)20(25)19-10-7-17(30-19)15-22(3)31(27,28)18-8-5-16(2)6-9-18/h5-10H,4,11-15H2,1-3H3. The molecule has 31 heavy (non-hydrogen) atoms. The van der Waals surface area contributed by atoms with Crippen LogP contribution >= 0.6 is 0 Å². The summed E-state index contributed by atoms with van der Waals surface area (Å²) in [5.74, 6) is 0.214. The first-order chi connectivity index (χ1) is 14.7. The molecular weight excluding hydrogens is 422 g/mol. The Bertz CT molecular complexity index is 1020. The number of piperazine rings is 1. The van der Waals surface area contributed by atoms with E-state index in [2.05, 4.69) is 0 Å². The number of nitrogens with zero attached hydrogens (tertiary/aromatic N) is 3. The summed E-state index contributed by atoms with van der Waals surface area (Å²) in [5, 5.41) is 0. The van der Waals surface area contributed by atoms with Crippen LogP contribution < -0.4 is 0 Å². The fraction of sp³-hybridized carbons (Fsp3) is 0.429. The maximum Gasteiger partial charge on any atom is 0.409 e. The van der Waals surface area contributed by atoms with Gasteiger partial charge in [-0.1, -0.05) is 17.7 Å². The van der Waals surface area contributed by atoms with Crippen LogP contribution in [0.3, 0.4) is 0 Å². The zero-order valence-electron chi connectivity index (χ0n) is 17.9. The number of carbonyl (C=O) groups excluding carboxylic acids is 2. The van der Waals surface area contributed by atoms with E-state index in [-0.39, 0.29) is 29.2 Å². The molecular formula is C21H27N3O6S. The number of ether oxygens (including phenoxy) is 1. The van der Waals surface area contributed by atoms with Crippen LogP contribution in [0.25, 0.3) is 0 Å². The van der Waals surface area contributed by atoms with Gasteiger partial charge in [0.05, 0.1) is 18.0 Å². The molecule has 0 radical (unpaired) electrons. The van der Waals surface area contributed by atoms with E-state index >= 15 is 0 Å². The normalized spacial score (nSPS) is 14.7. The first kappa shape index (κ1) is 22.8. The third-order valence-corrected chi connectivity index (χ3v) is 6.89. The van der Waals surface area contributed by atoms with Crippen molar-refractivity contribution in [2.75, 3.05) is 39.8 Å².